The highest BCUT2D eigenvalue weighted by atomic mass is 16.5. The minimum atomic E-state index is 0.866. The number of furan rings is 1. The van der Waals surface area contributed by atoms with Crippen molar-refractivity contribution in [2.24, 2.45) is 0 Å². The van der Waals surface area contributed by atoms with E-state index in [4.69, 9.17) is 9.15 Å². The van der Waals surface area contributed by atoms with E-state index in [1.165, 1.54) is 11.1 Å². The van der Waals surface area contributed by atoms with Crippen molar-refractivity contribution in [1.82, 2.24) is 5.32 Å². The molecule has 0 atom stereocenters. The van der Waals surface area contributed by atoms with E-state index in [2.05, 4.69) is 36.5 Å². The van der Waals surface area contributed by atoms with Gasteiger partial charge in [0.15, 0.2) is 0 Å². The first kappa shape index (κ1) is 14.7. The largest absolute Gasteiger partial charge is 0.497 e. The fourth-order valence-corrected chi connectivity index (χ4v) is 2.65. The molecule has 1 N–H and O–H groups in total. The molecule has 0 fully saturated rings. The summed E-state index contributed by atoms with van der Waals surface area (Å²) in [6, 6.07) is 16.4. The summed E-state index contributed by atoms with van der Waals surface area (Å²) < 4.78 is 11.2. The van der Waals surface area contributed by atoms with E-state index < -0.39 is 0 Å². The first-order valence-corrected chi connectivity index (χ1v) is 7.58. The van der Waals surface area contributed by atoms with Gasteiger partial charge in [0.25, 0.3) is 0 Å². The van der Waals surface area contributed by atoms with Gasteiger partial charge in [0, 0.05) is 24.9 Å². The quantitative estimate of drug-likeness (QED) is 0.696. The maximum atomic E-state index is 5.96. The van der Waals surface area contributed by atoms with Crippen molar-refractivity contribution in [2.45, 2.75) is 19.9 Å². The predicted octanol–water partition coefficient (Wildman–Crippen LogP) is 4.08. The monoisotopic (exact) mass is 295 g/mol. The van der Waals surface area contributed by atoms with E-state index in [9.17, 15) is 0 Å². The Hall–Kier alpha value is -2.26. The van der Waals surface area contributed by atoms with Gasteiger partial charge >= 0.3 is 0 Å². The van der Waals surface area contributed by atoms with Gasteiger partial charge in [0.2, 0.25) is 0 Å². The van der Waals surface area contributed by atoms with Crippen molar-refractivity contribution in [3.8, 4) is 5.75 Å². The number of aryl methyl sites for hydroxylation is 1. The molecule has 3 heteroatoms. The lowest BCUT2D eigenvalue weighted by Crippen LogP contribution is -2.16. The molecule has 3 aromatic rings. The lowest BCUT2D eigenvalue weighted by atomic mass is 10.1. The Bertz CT molecular complexity index is 747. The Morgan fingerprint density at radius 1 is 1.09 bits per heavy atom. The summed E-state index contributed by atoms with van der Waals surface area (Å²) in [6.45, 7) is 3.89. The summed E-state index contributed by atoms with van der Waals surface area (Å²) in [5, 5.41) is 4.60. The smallest absolute Gasteiger partial charge is 0.134 e. The lowest BCUT2D eigenvalue weighted by Gasteiger charge is -2.04. The molecule has 0 amide bonds. The van der Waals surface area contributed by atoms with Crippen molar-refractivity contribution in [3.63, 3.8) is 0 Å². The molecule has 3 nitrogen and oxygen atoms in total. The zero-order valence-electron chi connectivity index (χ0n) is 13.1. The Labute approximate surface area is 130 Å². The number of ether oxygens (including phenoxy) is 1. The molecule has 2 aromatic carbocycles. The third-order valence-corrected chi connectivity index (χ3v) is 3.94. The second kappa shape index (κ2) is 6.67. The molecule has 0 saturated heterocycles. The molecule has 0 spiro atoms. The van der Waals surface area contributed by atoms with E-state index in [-0.39, 0.29) is 0 Å². The van der Waals surface area contributed by atoms with E-state index in [0.717, 1.165) is 42.0 Å². The average Bonchev–Trinajstić information content (AvgIpc) is 2.88. The van der Waals surface area contributed by atoms with E-state index >= 15 is 0 Å². The predicted molar refractivity (Wildman–Crippen MR) is 89.4 cm³/mol. The van der Waals surface area contributed by atoms with Crippen LogP contribution in [0.15, 0.2) is 52.9 Å². The first-order valence-electron chi connectivity index (χ1n) is 7.58. The topological polar surface area (TPSA) is 34.4 Å². The van der Waals surface area contributed by atoms with Gasteiger partial charge in [0.05, 0.1) is 7.11 Å². The van der Waals surface area contributed by atoms with Gasteiger partial charge in [-0.1, -0.05) is 30.3 Å². The van der Waals surface area contributed by atoms with Crippen LogP contribution in [0.5, 0.6) is 5.75 Å². The first-order chi connectivity index (χ1) is 10.8. The summed E-state index contributed by atoms with van der Waals surface area (Å²) in [7, 11) is 1.69. The summed E-state index contributed by atoms with van der Waals surface area (Å²) in [4.78, 5) is 0. The Balaban J connectivity index is 1.63. The van der Waals surface area contributed by atoms with Crippen LogP contribution in [0.25, 0.3) is 11.0 Å². The van der Waals surface area contributed by atoms with E-state index in [1.54, 1.807) is 7.11 Å². The lowest BCUT2D eigenvalue weighted by molar-refractivity contribution is 0.415. The normalized spacial score (nSPS) is 11.0. The van der Waals surface area contributed by atoms with Crippen LogP contribution in [-0.4, -0.2) is 13.7 Å². The molecular formula is C19H21NO2. The van der Waals surface area contributed by atoms with Gasteiger partial charge in [-0.2, -0.15) is 0 Å². The zero-order valence-corrected chi connectivity index (χ0v) is 13.1. The molecule has 3 rings (SSSR count). The third kappa shape index (κ3) is 3.15. The van der Waals surface area contributed by atoms with Crippen LogP contribution in [0.2, 0.25) is 0 Å². The van der Waals surface area contributed by atoms with Gasteiger partial charge in [-0.15, -0.1) is 0 Å². The van der Waals surface area contributed by atoms with Crippen LogP contribution in [0.4, 0.5) is 0 Å². The highest BCUT2D eigenvalue weighted by molar-refractivity contribution is 5.83. The van der Waals surface area contributed by atoms with Crippen LogP contribution < -0.4 is 10.1 Å². The molecular weight excluding hydrogens is 274 g/mol. The van der Waals surface area contributed by atoms with Gasteiger partial charge in [-0.05, 0) is 36.2 Å². The Morgan fingerprint density at radius 2 is 1.91 bits per heavy atom. The molecule has 0 bridgehead atoms. The number of nitrogens with one attached hydrogen (secondary N) is 1. The molecule has 0 unspecified atom stereocenters. The van der Waals surface area contributed by atoms with E-state index in [0.29, 0.717) is 0 Å². The summed E-state index contributed by atoms with van der Waals surface area (Å²) in [5.74, 6) is 1.91. The fraction of sp³-hybridized carbons (Fsp3) is 0.263. The van der Waals surface area contributed by atoms with Crippen molar-refractivity contribution in [3.05, 3.63) is 65.4 Å². The van der Waals surface area contributed by atoms with Crippen LogP contribution >= 0.6 is 0 Å². The molecule has 1 heterocycles. The number of rotatable bonds is 6. The van der Waals surface area contributed by atoms with Crippen LogP contribution in [0.3, 0.4) is 0 Å². The van der Waals surface area contributed by atoms with Crippen molar-refractivity contribution in [1.29, 1.82) is 0 Å². The second-order valence-corrected chi connectivity index (χ2v) is 5.42. The molecule has 1 aromatic heterocycles. The molecule has 114 valence electrons. The zero-order chi connectivity index (χ0) is 15.4. The summed E-state index contributed by atoms with van der Waals surface area (Å²) >= 11 is 0. The SMILES string of the molecule is COc1ccc2oc(CCNCc3ccccc3)c(C)c2c1. The summed E-state index contributed by atoms with van der Waals surface area (Å²) in [6.07, 6.45) is 0.885. The Kier molecular flexibility index (Phi) is 4.45. The van der Waals surface area contributed by atoms with Crippen LogP contribution in [0, 0.1) is 6.92 Å². The van der Waals surface area contributed by atoms with Gasteiger partial charge in [-0.3, -0.25) is 0 Å². The number of methoxy groups -OCH3 is 1. The van der Waals surface area contributed by atoms with Crippen LogP contribution in [-0.2, 0) is 13.0 Å². The minimum Gasteiger partial charge on any atom is -0.497 e. The fourth-order valence-electron chi connectivity index (χ4n) is 2.65. The van der Waals surface area contributed by atoms with Gasteiger partial charge < -0.3 is 14.5 Å². The standard InChI is InChI=1S/C19H21NO2/c1-14-17-12-16(21-2)8-9-19(17)22-18(14)10-11-20-13-15-6-4-3-5-7-15/h3-9,12,20H,10-11,13H2,1-2H3. The minimum absolute atomic E-state index is 0.866. The van der Waals surface area contributed by atoms with Crippen molar-refractivity contribution >= 4 is 11.0 Å². The van der Waals surface area contributed by atoms with E-state index in [1.807, 2.05) is 24.3 Å². The molecule has 0 aliphatic heterocycles. The summed E-state index contributed by atoms with van der Waals surface area (Å²) in [5.41, 5.74) is 3.43. The molecule has 0 aliphatic rings. The maximum absolute atomic E-state index is 5.96. The molecule has 22 heavy (non-hydrogen) atoms. The van der Waals surface area contributed by atoms with Crippen molar-refractivity contribution < 1.29 is 9.15 Å². The highest BCUT2D eigenvalue weighted by Crippen LogP contribution is 2.28. The van der Waals surface area contributed by atoms with Crippen LogP contribution in [0.1, 0.15) is 16.9 Å². The number of benzene rings is 2. The number of hydrogen-bond acceptors (Lipinski definition) is 3. The molecule has 0 radical (unpaired) electrons. The highest BCUT2D eigenvalue weighted by Gasteiger charge is 2.10. The number of fused-ring (bicyclic) bond motifs is 1. The van der Waals surface area contributed by atoms with Crippen molar-refractivity contribution in [2.75, 3.05) is 13.7 Å². The maximum Gasteiger partial charge on any atom is 0.134 e. The number of hydrogen-bond donors (Lipinski definition) is 1. The van der Waals surface area contributed by atoms with Gasteiger partial charge in [-0.25, -0.2) is 0 Å². The third-order valence-electron chi connectivity index (χ3n) is 3.94. The van der Waals surface area contributed by atoms with Gasteiger partial charge in [0.1, 0.15) is 17.1 Å². The molecule has 0 aliphatic carbocycles. The average molecular weight is 295 g/mol. The molecule has 0 saturated carbocycles. The second-order valence-electron chi connectivity index (χ2n) is 5.42. The Morgan fingerprint density at radius 3 is 2.68 bits per heavy atom.